The van der Waals surface area contributed by atoms with E-state index in [0.29, 0.717) is 25.9 Å². The lowest BCUT2D eigenvalue weighted by molar-refractivity contribution is 0.0722. The molecule has 98 valence electrons. The molecule has 1 rings (SSSR count). The molecule has 0 radical (unpaired) electrons. The molecule has 0 aliphatic rings. The molecule has 0 saturated carbocycles. The van der Waals surface area contributed by atoms with Crippen molar-refractivity contribution in [1.29, 1.82) is 0 Å². The number of ether oxygens (including phenoxy) is 2. The van der Waals surface area contributed by atoms with Crippen molar-refractivity contribution in [2.45, 2.75) is 25.8 Å². The van der Waals surface area contributed by atoms with Crippen LogP contribution in [0.2, 0.25) is 0 Å². The zero-order valence-corrected chi connectivity index (χ0v) is 11.7. The molecule has 0 fully saturated rings. The number of nitrogens with zero attached hydrogens (tertiary/aromatic N) is 1. The van der Waals surface area contributed by atoms with Gasteiger partial charge in [-0.15, -0.1) is 11.3 Å². The summed E-state index contributed by atoms with van der Waals surface area (Å²) in [6, 6.07) is 0.370. The maximum absolute atomic E-state index is 5.43. The molecule has 4 nitrogen and oxygen atoms in total. The SMILES string of the molecule is CCC(NC)c1csc(CCOCCOC)n1. The lowest BCUT2D eigenvalue weighted by Crippen LogP contribution is -2.15. The Hall–Kier alpha value is -0.490. The maximum Gasteiger partial charge on any atom is 0.0951 e. The molecule has 5 heteroatoms. The molecule has 17 heavy (non-hydrogen) atoms. The van der Waals surface area contributed by atoms with Gasteiger partial charge < -0.3 is 14.8 Å². The van der Waals surface area contributed by atoms with E-state index in [9.17, 15) is 0 Å². The van der Waals surface area contributed by atoms with Gasteiger partial charge in [0.25, 0.3) is 0 Å². The van der Waals surface area contributed by atoms with E-state index in [1.807, 2.05) is 7.05 Å². The van der Waals surface area contributed by atoms with Gasteiger partial charge in [-0.2, -0.15) is 0 Å². The molecule has 1 aromatic rings. The summed E-state index contributed by atoms with van der Waals surface area (Å²) in [6.07, 6.45) is 1.94. The maximum atomic E-state index is 5.43. The zero-order chi connectivity index (χ0) is 12.5. The molecule has 0 saturated heterocycles. The third kappa shape index (κ3) is 5.12. The van der Waals surface area contributed by atoms with Crippen LogP contribution in [-0.2, 0) is 15.9 Å². The predicted octanol–water partition coefficient (Wildman–Crippen LogP) is 2.02. The van der Waals surface area contributed by atoms with Crippen molar-refractivity contribution in [3.63, 3.8) is 0 Å². The van der Waals surface area contributed by atoms with Crippen LogP contribution in [0.1, 0.15) is 30.1 Å². The summed E-state index contributed by atoms with van der Waals surface area (Å²) in [5.74, 6) is 0. The molecule has 0 bridgehead atoms. The average molecular weight is 258 g/mol. The van der Waals surface area contributed by atoms with E-state index < -0.39 is 0 Å². The van der Waals surface area contributed by atoms with Gasteiger partial charge in [0.1, 0.15) is 0 Å². The highest BCUT2D eigenvalue weighted by atomic mass is 32.1. The number of aromatic nitrogens is 1. The molecule has 1 atom stereocenters. The van der Waals surface area contributed by atoms with Crippen LogP contribution < -0.4 is 5.32 Å². The molecular weight excluding hydrogens is 236 g/mol. The van der Waals surface area contributed by atoms with Gasteiger partial charge in [-0.05, 0) is 13.5 Å². The van der Waals surface area contributed by atoms with Crippen molar-refractivity contribution in [3.8, 4) is 0 Å². The smallest absolute Gasteiger partial charge is 0.0951 e. The molecule has 1 N–H and O–H groups in total. The number of hydrogen-bond acceptors (Lipinski definition) is 5. The quantitative estimate of drug-likeness (QED) is 0.688. The van der Waals surface area contributed by atoms with E-state index in [1.165, 1.54) is 0 Å². The Bertz CT molecular complexity index is 300. The average Bonchev–Trinajstić information content (AvgIpc) is 2.79. The third-order valence-electron chi connectivity index (χ3n) is 2.58. The van der Waals surface area contributed by atoms with Crippen molar-refractivity contribution in [3.05, 3.63) is 16.1 Å². The second kappa shape index (κ2) is 8.58. The molecule has 0 aliphatic carbocycles. The Kier molecular flexibility index (Phi) is 7.35. The fourth-order valence-corrected chi connectivity index (χ4v) is 2.40. The standard InChI is InChI=1S/C12H22N2O2S/c1-4-10(13-2)11-9-17-12(14-11)5-6-16-8-7-15-3/h9-10,13H,4-8H2,1-3H3. The Labute approximate surface area is 107 Å². The van der Waals surface area contributed by atoms with E-state index in [1.54, 1.807) is 18.4 Å². The van der Waals surface area contributed by atoms with Crippen LogP contribution in [0, 0.1) is 0 Å². The lowest BCUT2D eigenvalue weighted by Gasteiger charge is -2.09. The van der Waals surface area contributed by atoms with E-state index in [-0.39, 0.29) is 0 Å². The van der Waals surface area contributed by atoms with E-state index in [2.05, 4.69) is 22.6 Å². The molecule has 0 aliphatic heterocycles. The largest absolute Gasteiger partial charge is 0.382 e. The first-order valence-electron chi connectivity index (χ1n) is 6.00. The fraction of sp³-hybridized carbons (Fsp3) is 0.750. The predicted molar refractivity (Wildman–Crippen MR) is 70.6 cm³/mol. The Morgan fingerprint density at radius 1 is 1.41 bits per heavy atom. The normalized spacial score (nSPS) is 12.9. The molecule has 1 unspecified atom stereocenters. The first kappa shape index (κ1) is 14.6. The van der Waals surface area contributed by atoms with Crippen molar-refractivity contribution in [2.24, 2.45) is 0 Å². The summed E-state index contributed by atoms with van der Waals surface area (Å²) in [5, 5.41) is 6.54. The van der Waals surface area contributed by atoms with Gasteiger partial charge in [0.15, 0.2) is 0 Å². The number of nitrogens with one attached hydrogen (secondary N) is 1. The van der Waals surface area contributed by atoms with Crippen molar-refractivity contribution in [2.75, 3.05) is 34.0 Å². The van der Waals surface area contributed by atoms with Crippen molar-refractivity contribution >= 4 is 11.3 Å². The summed E-state index contributed by atoms with van der Waals surface area (Å²) < 4.78 is 10.3. The fourth-order valence-electron chi connectivity index (χ4n) is 1.56. The van der Waals surface area contributed by atoms with Crippen LogP contribution in [0.25, 0.3) is 0 Å². The highest BCUT2D eigenvalue weighted by Gasteiger charge is 2.10. The van der Waals surface area contributed by atoms with E-state index in [4.69, 9.17) is 9.47 Å². The van der Waals surface area contributed by atoms with Gasteiger partial charge in [-0.1, -0.05) is 6.92 Å². The molecule has 0 amide bonds. The van der Waals surface area contributed by atoms with E-state index in [0.717, 1.165) is 23.5 Å². The molecular formula is C12H22N2O2S. The minimum absolute atomic E-state index is 0.370. The minimum Gasteiger partial charge on any atom is -0.382 e. The highest BCUT2D eigenvalue weighted by molar-refractivity contribution is 7.09. The summed E-state index contributed by atoms with van der Waals surface area (Å²) in [6.45, 7) is 4.18. The van der Waals surface area contributed by atoms with Crippen LogP contribution in [0.5, 0.6) is 0 Å². The zero-order valence-electron chi connectivity index (χ0n) is 10.9. The summed E-state index contributed by atoms with van der Waals surface area (Å²) in [5.41, 5.74) is 1.15. The monoisotopic (exact) mass is 258 g/mol. The van der Waals surface area contributed by atoms with Crippen molar-refractivity contribution in [1.82, 2.24) is 10.3 Å². The van der Waals surface area contributed by atoms with Gasteiger partial charge >= 0.3 is 0 Å². The Morgan fingerprint density at radius 3 is 2.88 bits per heavy atom. The number of thiazole rings is 1. The minimum atomic E-state index is 0.370. The van der Waals surface area contributed by atoms with Gasteiger partial charge in [0.2, 0.25) is 0 Å². The van der Waals surface area contributed by atoms with Crippen LogP contribution in [0.15, 0.2) is 5.38 Å². The van der Waals surface area contributed by atoms with Crippen LogP contribution >= 0.6 is 11.3 Å². The number of hydrogen-bond donors (Lipinski definition) is 1. The first-order chi connectivity index (χ1) is 8.31. The second-order valence-electron chi connectivity index (χ2n) is 3.77. The van der Waals surface area contributed by atoms with Crippen molar-refractivity contribution < 1.29 is 9.47 Å². The highest BCUT2D eigenvalue weighted by Crippen LogP contribution is 2.19. The van der Waals surface area contributed by atoms with Crippen LogP contribution in [0.3, 0.4) is 0 Å². The molecule has 1 aromatic heterocycles. The number of methoxy groups -OCH3 is 1. The van der Waals surface area contributed by atoms with Gasteiger partial charge in [-0.25, -0.2) is 4.98 Å². The number of rotatable bonds is 9. The van der Waals surface area contributed by atoms with Crippen LogP contribution in [-0.4, -0.2) is 39.0 Å². The van der Waals surface area contributed by atoms with Crippen LogP contribution in [0.4, 0.5) is 0 Å². The topological polar surface area (TPSA) is 43.4 Å². The lowest BCUT2D eigenvalue weighted by atomic mass is 10.2. The Morgan fingerprint density at radius 2 is 2.24 bits per heavy atom. The molecule has 0 aromatic carbocycles. The third-order valence-corrected chi connectivity index (χ3v) is 3.50. The first-order valence-corrected chi connectivity index (χ1v) is 6.88. The second-order valence-corrected chi connectivity index (χ2v) is 4.71. The summed E-state index contributed by atoms with van der Waals surface area (Å²) >= 11 is 1.71. The molecule has 1 heterocycles. The Balaban J connectivity index is 2.30. The van der Waals surface area contributed by atoms with Gasteiger partial charge in [0.05, 0.1) is 30.5 Å². The summed E-state index contributed by atoms with van der Waals surface area (Å²) in [4.78, 5) is 4.61. The molecule has 0 spiro atoms. The van der Waals surface area contributed by atoms with Gasteiger partial charge in [-0.3, -0.25) is 0 Å². The van der Waals surface area contributed by atoms with E-state index >= 15 is 0 Å². The van der Waals surface area contributed by atoms with Gasteiger partial charge in [0, 0.05) is 25.0 Å². The summed E-state index contributed by atoms with van der Waals surface area (Å²) in [7, 11) is 3.65.